The molecule has 0 unspecified atom stereocenters. The summed E-state index contributed by atoms with van der Waals surface area (Å²) in [4.78, 5) is 4.49. The molecule has 3 rings (SSSR count). The van der Waals surface area contributed by atoms with Gasteiger partial charge in [-0.05, 0) is 25.8 Å². The zero-order valence-corrected chi connectivity index (χ0v) is 12.9. The highest BCUT2D eigenvalue weighted by molar-refractivity contribution is 6.31. The van der Waals surface area contributed by atoms with Gasteiger partial charge in [-0.1, -0.05) is 30.9 Å². The molecule has 1 aliphatic carbocycles. The first-order valence-electron chi connectivity index (χ1n) is 6.98. The Balaban J connectivity index is 2.24. The second-order valence-corrected chi connectivity index (χ2v) is 6.48. The molecule has 0 atom stereocenters. The van der Waals surface area contributed by atoms with Crippen molar-refractivity contribution in [2.24, 2.45) is 0 Å². The Bertz CT molecular complexity index is 645. The Morgan fingerprint density at radius 3 is 2.65 bits per heavy atom. The number of hydrogen-bond acceptors (Lipinski definition) is 1. The molecular weight excluding hydrogens is 298 g/mol. The van der Waals surface area contributed by atoms with Gasteiger partial charge in [0.15, 0.2) is 0 Å². The summed E-state index contributed by atoms with van der Waals surface area (Å²) in [6.07, 6.45) is 5.86. The van der Waals surface area contributed by atoms with Gasteiger partial charge in [-0.15, -0.1) is 11.6 Å². The lowest BCUT2D eigenvalue weighted by molar-refractivity contribution is 0.220. The summed E-state index contributed by atoms with van der Waals surface area (Å²) >= 11 is 12.0. The number of hydrogen-bond donors (Lipinski definition) is 0. The van der Waals surface area contributed by atoms with E-state index in [0.29, 0.717) is 11.4 Å². The summed E-state index contributed by atoms with van der Waals surface area (Å²) < 4.78 is 15.8. The highest BCUT2D eigenvalue weighted by atomic mass is 35.5. The zero-order valence-electron chi connectivity index (χ0n) is 11.4. The van der Waals surface area contributed by atoms with Crippen LogP contribution in [0.3, 0.4) is 0 Å². The summed E-state index contributed by atoms with van der Waals surface area (Å²) in [5.74, 6) is 0.690. The molecule has 2 nitrogen and oxygen atoms in total. The Morgan fingerprint density at radius 1 is 1.30 bits per heavy atom. The van der Waals surface area contributed by atoms with Crippen LogP contribution in [0.15, 0.2) is 12.1 Å². The lowest BCUT2D eigenvalue weighted by Gasteiger charge is -2.36. The number of fused-ring (bicyclic) bond motifs is 1. The van der Waals surface area contributed by atoms with E-state index in [1.165, 1.54) is 25.3 Å². The van der Waals surface area contributed by atoms with Crippen LogP contribution in [0.25, 0.3) is 11.0 Å². The van der Waals surface area contributed by atoms with Gasteiger partial charge in [0.25, 0.3) is 0 Å². The molecule has 1 aromatic carbocycles. The van der Waals surface area contributed by atoms with Crippen molar-refractivity contribution in [2.75, 3.05) is 0 Å². The van der Waals surface area contributed by atoms with Gasteiger partial charge in [-0.25, -0.2) is 9.37 Å². The molecule has 2 aromatic rings. The SMILES string of the molecule is CC1(n2c(CCl)nc3cc(F)c(Cl)cc32)CCCCC1. The lowest BCUT2D eigenvalue weighted by Crippen LogP contribution is -2.33. The van der Waals surface area contributed by atoms with Crippen LogP contribution >= 0.6 is 23.2 Å². The van der Waals surface area contributed by atoms with Gasteiger partial charge in [-0.3, -0.25) is 0 Å². The Hall–Kier alpha value is -0.800. The minimum Gasteiger partial charge on any atom is -0.321 e. The first-order chi connectivity index (χ1) is 9.55. The van der Waals surface area contributed by atoms with E-state index in [1.54, 1.807) is 6.07 Å². The predicted octanol–water partition coefficient (Wildman–Crippen LogP) is 5.25. The van der Waals surface area contributed by atoms with Crippen LogP contribution in [0.1, 0.15) is 44.9 Å². The average molecular weight is 315 g/mol. The molecule has 0 aliphatic heterocycles. The summed E-state index contributed by atoms with van der Waals surface area (Å²) in [7, 11) is 0. The fourth-order valence-electron chi connectivity index (χ4n) is 3.35. The maximum Gasteiger partial charge on any atom is 0.144 e. The van der Waals surface area contributed by atoms with Crippen LogP contribution in [0, 0.1) is 5.82 Å². The number of imidazole rings is 1. The maximum absolute atomic E-state index is 13.6. The van der Waals surface area contributed by atoms with Crippen molar-refractivity contribution in [3.05, 3.63) is 28.8 Å². The molecule has 0 amide bonds. The van der Waals surface area contributed by atoms with E-state index in [2.05, 4.69) is 16.5 Å². The Morgan fingerprint density at radius 2 is 2.00 bits per heavy atom. The van der Waals surface area contributed by atoms with Crippen molar-refractivity contribution >= 4 is 34.2 Å². The topological polar surface area (TPSA) is 17.8 Å². The Labute approximate surface area is 127 Å². The third-order valence-corrected chi connectivity index (χ3v) is 4.88. The minimum absolute atomic E-state index is 0.00161. The summed E-state index contributed by atoms with van der Waals surface area (Å²) in [6, 6.07) is 3.07. The molecule has 1 saturated carbocycles. The standard InChI is InChI=1S/C15H17Cl2FN2/c1-15(5-3-2-4-6-15)20-13-7-10(17)11(18)8-12(13)19-14(20)9-16/h7-8H,2-6,9H2,1H3. The monoisotopic (exact) mass is 314 g/mol. The number of aromatic nitrogens is 2. The van der Waals surface area contributed by atoms with Crippen LogP contribution in [-0.2, 0) is 11.4 Å². The van der Waals surface area contributed by atoms with Gasteiger partial charge in [-0.2, -0.15) is 0 Å². The Kier molecular flexibility index (Phi) is 3.67. The molecular formula is C15H17Cl2FN2. The van der Waals surface area contributed by atoms with Crippen molar-refractivity contribution in [1.82, 2.24) is 9.55 Å². The van der Waals surface area contributed by atoms with Crippen LogP contribution < -0.4 is 0 Å². The highest BCUT2D eigenvalue weighted by Crippen LogP contribution is 2.39. The zero-order chi connectivity index (χ0) is 14.3. The summed E-state index contributed by atoms with van der Waals surface area (Å²) in [5.41, 5.74) is 1.52. The summed E-state index contributed by atoms with van der Waals surface area (Å²) in [6.45, 7) is 2.24. The molecule has 0 N–H and O–H groups in total. The normalized spacial score (nSPS) is 18.6. The van der Waals surface area contributed by atoms with Crippen LogP contribution in [-0.4, -0.2) is 9.55 Å². The van der Waals surface area contributed by atoms with Gasteiger partial charge in [0.1, 0.15) is 11.6 Å². The van der Waals surface area contributed by atoms with Crippen LogP contribution in [0.5, 0.6) is 0 Å². The van der Waals surface area contributed by atoms with Crippen molar-refractivity contribution in [2.45, 2.75) is 50.4 Å². The fraction of sp³-hybridized carbons (Fsp3) is 0.533. The van der Waals surface area contributed by atoms with E-state index in [4.69, 9.17) is 23.2 Å². The van der Waals surface area contributed by atoms with Gasteiger partial charge in [0.2, 0.25) is 0 Å². The molecule has 1 fully saturated rings. The third-order valence-electron chi connectivity index (χ3n) is 4.36. The molecule has 5 heteroatoms. The van der Waals surface area contributed by atoms with E-state index in [-0.39, 0.29) is 10.6 Å². The second kappa shape index (κ2) is 5.19. The molecule has 1 heterocycles. The number of halogens is 3. The molecule has 0 spiro atoms. The van der Waals surface area contributed by atoms with E-state index < -0.39 is 5.82 Å². The van der Waals surface area contributed by atoms with E-state index in [0.717, 1.165) is 24.2 Å². The van der Waals surface area contributed by atoms with Crippen LogP contribution in [0.2, 0.25) is 5.02 Å². The largest absolute Gasteiger partial charge is 0.321 e. The van der Waals surface area contributed by atoms with Crippen molar-refractivity contribution in [1.29, 1.82) is 0 Å². The predicted molar refractivity (Wildman–Crippen MR) is 81.0 cm³/mol. The van der Waals surface area contributed by atoms with Crippen molar-refractivity contribution in [3.8, 4) is 0 Å². The number of benzene rings is 1. The number of rotatable bonds is 2. The molecule has 0 bridgehead atoms. The van der Waals surface area contributed by atoms with Gasteiger partial charge < -0.3 is 4.57 Å². The average Bonchev–Trinajstić information content (AvgIpc) is 2.78. The van der Waals surface area contributed by atoms with Gasteiger partial charge in [0.05, 0.1) is 21.9 Å². The smallest absolute Gasteiger partial charge is 0.144 e. The van der Waals surface area contributed by atoms with Crippen molar-refractivity contribution < 1.29 is 4.39 Å². The first kappa shape index (κ1) is 14.2. The van der Waals surface area contributed by atoms with Crippen LogP contribution in [0.4, 0.5) is 4.39 Å². The maximum atomic E-state index is 13.6. The van der Waals surface area contributed by atoms with E-state index in [1.807, 2.05) is 0 Å². The molecule has 1 aliphatic rings. The lowest BCUT2D eigenvalue weighted by atomic mass is 9.83. The molecule has 108 valence electrons. The first-order valence-corrected chi connectivity index (χ1v) is 7.89. The van der Waals surface area contributed by atoms with Crippen molar-refractivity contribution in [3.63, 3.8) is 0 Å². The highest BCUT2D eigenvalue weighted by Gasteiger charge is 2.32. The quantitative estimate of drug-likeness (QED) is 0.692. The molecule has 20 heavy (non-hydrogen) atoms. The second-order valence-electron chi connectivity index (χ2n) is 5.81. The number of nitrogens with zero attached hydrogens (tertiary/aromatic N) is 2. The van der Waals surface area contributed by atoms with E-state index in [9.17, 15) is 4.39 Å². The number of alkyl halides is 1. The molecule has 0 radical (unpaired) electrons. The summed E-state index contributed by atoms with van der Waals surface area (Å²) in [5, 5.41) is 0.138. The fourth-order valence-corrected chi connectivity index (χ4v) is 3.69. The third kappa shape index (κ3) is 2.21. The minimum atomic E-state index is -0.432. The molecule has 1 aromatic heterocycles. The van der Waals surface area contributed by atoms with Gasteiger partial charge in [0, 0.05) is 11.6 Å². The van der Waals surface area contributed by atoms with E-state index >= 15 is 0 Å². The van der Waals surface area contributed by atoms with Gasteiger partial charge >= 0.3 is 0 Å². The molecule has 0 saturated heterocycles.